The van der Waals surface area contributed by atoms with Crippen molar-refractivity contribution in [2.45, 2.75) is 51.3 Å². The topological polar surface area (TPSA) is 120 Å². The minimum absolute atomic E-state index is 0.0721. The number of ether oxygens (including phenoxy) is 2. The van der Waals surface area contributed by atoms with Gasteiger partial charge in [0.2, 0.25) is 11.8 Å². The van der Waals surface area contributed by atoms with Gasteiger partial charge < -0.3 is 14.8 Å². The number of carbonyl (C=O) groups is 1. The average molecular weight is 587 g/mol. The van der Waals surface area contributed by atoms with Crippen molar-refractivity contribution in [2.75, 3.05) is 11.3 Å². The van der Waals surface area contributed by atoms with Crippen molar-refractivity contribution < 1.29 is 22.7 Å². The van der Waals surface area contributed by atoms with Crippen LogP contribution in [0.25, 0.3) is 11.3 Å². The highest BCUT2D eigenvalue weighted by Gasteiger charge is 2.23. The molecular weight excluding hydrogens is 552 g/mol. The third-order valence-corrected chi connectivity index (χ3v) is 8.17. The molecular formula is C32H34N4O5S. The first-order chi connectivity index (χ1) is 20.2. The lowest BCUT2D eigenvalue weighted by atomic mass is 9.99. The number of carbonyl (C=O) groups excluding carboxylic acids is 1. The smallest absolute Gasteiger partial charge is 0.264 e. The molecule has 10 heteroatoms. The van der Waals surface area contributed by atoms with E-state index < -0.39 is 10.0 Å². The molecule has 4 aromatic rings. The number of fused-ring (bicyclic) bond motifs is 4. The van der Waals surface area contributed by atoms with Crippen molar-refractivity contribution in [2.24, 2.45) is 5.92 Å². The Labute approximate surface area is 246 Å². The standard InChI is InChI=1S/C32H34N4O5S/c1-21(2)15-26-20-41-29-17-28(30-22(3)9-7-13-25(30)19-40-18-23-10-5-4-6-11-23)34-32(35-29)36-42(38,39)27-14-8-12-24(16-27)31(37)33-26/h4-14,16-17,21,26H,15,18-20H2,1-3H3,(H,33,37)(H,34,35,36)/t26-/m1/s1. The highest BCUT2D eigenvalue weighted by molar-refractivity contribution is 7.92. The Kier molecular flexibility index (Phi) is 8.84. The van der Waals surface area contributed by atoms with E-state index in [4.69, 9.17) is 9.47 Å². The Balaban J connectivity index is 1.54. The molecule has 42 heavy (non-hydrogen) atoms. The molecule has 2 heterocycles. The number of sulfonamides is 1. The summed E-state index contributed by atoms with van der Waals surface area (Å²) in [5.41, 5.74) is 4.41. The Morgan fingerprint density at radius 3 is 2.55 bits per heavy atom. The lowest BCUT2D eigenvalue weighted by Crippen LogP contribution is -2.40. The van der Waals surface area contributed by atoms with E-state index in [1.54, 1.807) is 12.1 Å². The molecule has 0 saturated carbocycles. The minimum Gasteiger partial charge on any atom is -0.475 e. The van der Waals surface area contributed by atoms with Crippen LogP contribution in [0.4, 0.5) is 5.95 Å². The van der Waals surface area contributed by atoms with Gasteiger partial charge in [0.25, 0.3) is 15.9 Å². The molecule has 218 valence electrons. The van der Waals surface area contributed by atoms with Crippen LogP contribution in [-0.2, 0) is 28.0 Å². The summed E-state index contributed by atoms with van der Waals surface area (Å²) in [7, 11) is -4.11. The van der Waals surface area contributed by atoms with Crippen LogP contribution < -0.4 is 14.8 Å². The number of hydrogen-bond donors (Lipinski definition) is 2. The van der Waals surface area contributed by atoms with E-state index in [1.807, 2.05) is 55.5 Å². The second-order valence-electron chi connectivity index (χ2n) is 10.7. The molecule has 1 aromatic heterocycles. The summed E-state index contributed by atoms with van der Waals surface area (Å²) in [5.74, 6) is -0.0405. The van der Waals surface area contributed by atoms with Gasteiger partial charge in [-0.2, -0.15) is 4.98 Å². The molecule has 1 amide bonds. The van der Waals surface area contributed by atoms with Crippen molar-refractivity contribution in [3.05, 3.63) is 101 Å². The molecule has 1 aliphatic heterocycles. The van der Waals surface area contributed by atoms with E-state index in [2.05, 4.69) is 33.9 Å². The van der Waals surface area contributed by atoms with E-state index in [-0.39, 0.29) is 46.8 Å². The summed E-state index contributed by atoms with van der Waals surface area (Å²) < 4.78 is 41.4. The third kappa shape index (κ3) is 7.13. The fourth-order valence-corrected chi connectivity index (χ4v) is 5.91. The zero-order valence-corrected chi connectivity index (χ0v) is 24.6. The van der Waals surface area contributed by atoms with Crippen LogP contribution in [0.2, 0.25) is 0 Å². The zero-order chi connectivity index (χ0) is 29.7. The molecule has 1 aliphatic rings. The predicted molar refractivity (Wildman–Crippen MR) is 161 cm³/mol. The number of amides is 1. The average Bonchev–Trinajstić information content (AvgIpc) is 2.96. The molecule has 1 atom stereocenters. The van der Waals surface area contributed by atoms with Crippen LogP contribution in [0.1, 0.15) is 47.3 Å². The van der Waals surface area contributed by atoms with E-state index in [0.29, 0.717) is 25.3 Å². The number of aromatic nitrogens is 2. The van der Waals surface area contributed by atoms with Crippen molar-refractivity contribution in [1.82, 2.24) is 15.3 Å². The van der Waals surface area contributed by atoms with E-state index >= 15 is 0 Å². The van der Waals surface area contributed by atoms with Gasteiger partial charge >= 0.3 is 0 Å². The van der Waals surface area contributed by atoms with E-state index in [1.165, 1.54) is 18.2 Å². The maximum absolute atomic E-state index is 13.4. The van der Waals surface area contributed by atoms with Gasteiger partial charge in [-0.3, -0.25) is 4.79 Å². The van der Waals surface area contributed by atoms with Crippen molar-refractivity contribution in [3.8, 4) is 17.1 Å². The van der Waals surface area contributed by atoms with E-state index in [0.717, 1.165) is 22.3 Å². The summed E-state index contributed by atoms with van der Waals surface area (Å²) >= 11 is 0. The summed E-state index contributed by atoms with van der Waals surface area (Å²) in [5, 5.41) is 2.99. The van der Waals surface area contributed by atoms with Gasteiger partial charge in [0.1, 0.15) is 6.61 Å². The van der Waals surface area contributed by atoms with Crippen LogP contribution in [0.3, 0.4) is 0 Å². The van der Waals surface area contributed by atoms with Crippen molar-refractivity contribution in [1.29, 1.82) is 0 Å². The van der Waals surface area contributed by atoms with Crippen molar-refractivity contribution in [3.63, 3.8) is 0 Å². The van der Waals surface area contributed by atoms with Crippen LogP contribution >= 0.6 is 0 Å². The molecule has 0 aliphatic carbocycles. The minimum atomic E-state index is -4.11. The fraction of sp³-hybridized carbons (Fsp3) is 0.281. The number of nitrogens with zero attached hydrogens (tertiary/aromatic N) is 2. The second-order valence-corrected chi connectivity index (χ2v) is 12.4. The molecule has 2 N–H and O–H groups in total. The molecule has 0 fully saturated rings. The highest BCUT2D eigenvalue weighted by atomic mass is 32.2. The van der Waals surface area contributed by atoms with Gasteiger partial charge in [-0.15, -0.1) is 0 Å². The molecule has 5 rings (SSSR count). The van der Waals surface area contributed by atoms with Crippen molar-refractivity contribution >= 4 is 21.9 Å². The largest absolute Gasteiger partial charge is 0.475 e. The Morgan fingerprint density at radius 2 is 1.76 bits per heavy atom. The number of hydrogen-bond acceptors (Lipinski definition) is 7. The number of nitrogens with one attached hydrogen (secondary N) is 2. The lowest BCUT2D eigenvalue weighted by molar-refractivity contribution is 0.0913. The predicted octanol–water partition coefficient (Wildman–Crippen LogP) is 5.51. The maximum atomic E-state index is 13.4. The Morgan fingerprint density at radius 1 is 0.976 bits per heavy atom. The van der Waals surface area contributed by atoms with Crippen LogP contribution in [0.5, 0.6) is 5.88 Å². The molecule has 4 bridgehead atoms. The lowest BCUT2D eigenvalue weighted by Gasteiger charge is -2.21. The van der Waals surface area contributed by atoms with Gasteiger partial charge in [-0.05, 0) is 54.2 Å². The van der Waals surface area contributed by atoms with Crippen LogP contribution in [-0.4, -0.2) is 36.9 Å². The summed E-state index contributed by atoms with van der Waals surface area (Å²) in [6.45, 7) is 7.00. The SMILES string of the molecule is Cc1cccc(COCc2ccccc2)c1-c1cc2nc(n1)NS(=O)(=O)c1cccc(c1)C(=O)N[C@H](CC(C)C)CO2. The van der Waals surface area contributed by atoms with Gasteiger partial charge in [0.15, 0.2) is 0 Å². The zero-order valence-electron chi connectivity index (χ0n) is 23.8. The summed E-state index contributed by atoms with van der Waals surface area (Å²) in [6.07, 6.45) is 0.660. The van der Waals surface area contributed by atoms with E-state index in [9.17, 15) is 13.2 Å². The summed E-state index contributed by atoms with van der Waals surface area (Å²) in [4.78, 5) is 22.0. The summed E-state index contributed by atoms with van der Waals surface area (Å²) in [6, 6.07) is 23.0. The quantitative estimate of drug-likeness (QED) is 0.293. The molecule has 0 radical (unpaired) electrons. The second kappa shape index (κ2) is 12.7. The molecule has 3 aromatic carbocycles. The number of benzene rings is 3. The number of aryl methyl sites for hydroxylation is 1. The van der Waals surface area contributed by atoms with Crippen LogP contribution in [0.15, 0.2) is 83.8 Å². The first-order valence-corrected chi connectivity index (χ1v) is 15.3. The first kappa shape index (κ1) is 29.2. The molecule has 9 nitrogen and oxygen atoms in total. The molecule has 0 spiro atoms. The van der Waals surface area contributed by atoms with Gasteiger partial charge in [-0.25, -0.2) is 18.1 Å². The van der Waals surface area contributed by atoms with Crippen LogP contribution in [0, 0.1) is 12.8 Å². The third-order valence-electron chi connectivity index (χ3n) is 6.84. The van der Waals surface area contributed by atoms with Gasteiger partial charge in [-0.1, -0.05) is 68.4 Å². The number of anilines is 1. The number of rotatable bonds is 7. The Bertz CT molecular complexity index is 1680. The first-order valence-electron chi connectivity index (χ1n) is 13.8. The molecule has 0 saturated heterocycles. The normalized spacial score (nSPS) is 16.3. The highest BCUT2D eigenvalue weighted by Crippen LogP contribution is 2.31. The Hall–Kier alpha value is -4.28. The monoisotopic (exact) mass is 586 g/mol. The van der Waals surface area contributed by atoms with Gasteiger partial charge in [0.05, 0.1) is 29.8 Å². The molecule has 0 unspecified atom stereocenters. The fourth-order valence-electron chi connectivity index (χ4n) is 4.92. The maximum Gasteiger partial charge on any atom is 0.264 e. The van der Waals surface area contributed by atoms with Gasteiger partial charge in [0, 0.05) is 17.2 Å².